The van der Waals surface area contributed by atoms with Crippen molar-refractivity contribution in [3.63, 3.8) is 0 Å². The first-order chi connectivity index (χ1) is 14.5. The van der Waals surface area contributed by atoms with Crippen LogP contribution in [-0.4, -0.2) is 51.6 Å². The predicted molar refractivity (Wildman–Crippen MR) is 112 cm³/mol. The quantitative estimate of drug-likeness (QED) is 0.678. The summed E-state index contributed by atoms with van der Waals surface area (Å²) in [7, 11) is 0. The van der Waals surface area contributed by atoms with E-state index in [-0.39, 0.29) is 23.9 Å². The Labute approximate surface area is 176 Å². The van der Waals surface area contributed by atoms with Crippen LogP contribution in [0.2, 0.25) is 0 Å². The number of amides is 2. The number of aliphatic hydroxyl groups is 1. The van der Waals surface area contributed by atoms with Crippen molar-refractivity contribution in [1.29, 1.82) is 0 Å². The van der Waals surface area contributed by atoms with Gasteiger partial charge in [0.15, 0.2) is 0 Å². The lowest BCUT2D eigenvalue weighted by Crippen LogP contribution is -2.41. The summed E-state index contributed by atoms with van der Waals surface area (Å²) in [6, 6.07) is 6.68. The highest BCUT2D eigenvalue weighted by molar-refractivity contribution is 5.74. The van der Waals surface area contributed by atoms with Gasteiger partial charge in [-0.25, -0.2) is 9.18 Å². The first kappa shape index (κ1) is 20.7. The van der Waals surface area contributed by atoms with Gasteiger partial charge in [0.05, 0.1) is 25.0 Å². The molecule has 1 aliphatic carbocycles. The van der Waals surface area contributed by atoms with Crippen LogP contribution in [0.4, 0.5) is 14.9 Å². The summed E-state index contributed by atoms with van der Waals surface area (Å²) in [5, 5.41) is 19.7. The van der Waals surface area contributed by atoms with E-state index in [2.05, 4.69) is 15.7 Å². The third kappa shape index (κ3) is 4.92. The van der Waals surface area contributed by atoms with Crippen LogP contribution in [-0.2, 0) is 13.1 Å². The lowest BCUT2D eigenvalue weighted by molar-refractivity contribution is 0.172. The molecule has 1 saturated heterocycles. The number of likely N-dealkylation sites (tertiary alicyclic amines) is 1. The molecule has 2 aliphatic rings. The second-order valence-electron chi connectivity index (χ2n) is 8.59. The fraction of sp³-hybridized carbons (Fsp3) is 0.545. The highest BCUT2D eigenvalue weighted by Gasteiger charge is 2.42. The van der Waals surface area contributed by atoms with E-state index in [1.54, 1.807) is 16.9 Å². The van der Waals surface area contributed by atoms with E-state index in [4.69, 9.17) is 5.11 Å². The predicted octanol–water partition coefficient (Wildman–Crippen LogP) is 2.97. The Bertz CT molecular complexity index is 863. The summed E-state index contributed by atoms with van der Waals surface area (Å²) in [5.41, 5.74) is 1.98. The second kappa shape index (κ2) is 9.04. The highest BCUT2D eigenvalue weighted by atomic mass is 19.1. The molecule has 2 heterocycles. The third-order valence-corrected chi connectivity index (χ3v) is 6.44. The summed E-state index contributed by atoms with van der Waals surface area (Å²) in [6.07, 6.45) is 9.13. The minimum absolute atomic E-state index is 0.0623. The molecule has 162 valence electrons. The number of carbonyl (C=O) groups excluding carboxylic acids is 1. The summed E-state index contributed by atoms with van der Waals surface area (Å²) in [5.74, 6) is -0.284. The number of hydrogen-bond donors (Lipinski definition) is 3. The van der Waals surface area contributed by atoms with Crippen LogP contribution in [0.1, 0.15) is 37.7 Å². The molecular formula is C22H30FN5O2. The molecule has 3 N–H and O–H groups in total. The molecule has 0 radical (unpaired) electrons. The largest absolute Gasteiger partial charge is 0.394 e. The van der Waals surface area contributed by atoms with Gasteiger partial charge >= 0.3 is 6.03 Å². The van der Waals surface area contributed by atoms with Crippen LogP contribution in [0.15, 0.2) is 36.7 Å². The number of benzene rings is 1. The molecule has 0 bridgehead atoms. The summed E-state index contributed by atoms with van der Waals surface area (Å²) in [4.78, 5) is 14.5. The maximum atomic E-state index is 13.3. The molecule has 1 spiro atoms. The van der Waals surface area contributed by atoms with Gasteiger partial charge in [-0.1, -0.05) is 12.1 Å². The van der Waals surface area contributed by atoms with Gasteiger partial charge in [-0.2, -0.15) is 5.10 Å². The minimum Gasteiger partial charge on any atom is -0.394 e. The van der Waals surface area contributed by atoms with Crippen molar-refractivity contribution in [2.45, 2.75) is 51.2 Å². The number of nitrogens with zero attached hydrogens (tertiary/aromatic N) is 3. The van der Waals surface area contributed by atoms with Gasteiger partial charge in [-0.15, -0.1) is 0 Å². The van der Waals surface area contributed by atoms with E-state index >= 15 is 0 Å². The monoisotopic (exact) mass is 415 g/mol. The van der Waals surface area contributed by atoms with Gasteiger partial charge in [0.1, 0.15) is 5.82 Å². The molecule has 1 aromatic carbocycles. The number of rotatable bonds is 6. The zero-order valence-electron chi connectivity index (χ0n) is 17.2. The number of halogens is 1. The number of hydrogen-bond acceptors (Lipinski definition) is 4. The van der Waals surface area contributed by atoms with E-state index in [1.807, 2.05) is 17.2 Å². The molecule has 30 heavy (non-hydrogen) atoms. The van der Waals surface area contributed by atoms with E-state index < -0.39 is 0 Å². The Morgan fingerprint density at radius 1 is 1.30 bits per heavy atom. The summed E-state index contributed by atoms with van der Waals surface area (Å²) >= 11 is 0. The molecule has 1 aliphatic heterocycles. The number of anilines is 1. The Kier molecular flexibility index (Phi) is 6.22. The normalized spacial score (nSPS) is 23.7. The van der Waals surface area contributed by atoms with Crippen LogP contribution < -0.4 is 10.6 Å². The lowest BCUT2D eigenvalue weighted by atomic mass is 9.72. The van der Waals surface area contributed by atoms with E-state index in [0.29, 0.717) is 19.1 Å². The van der Waals surface area contributed by atoms with Gasteiger partial charge in [-0.3, -0.25) is 4.68 Å². The molecule has 0 unspecified atom stereocenters. The van der Waals surface area contributed by atoms with Crippen molar-refractivity contribution < 1.29 is 14.3 Å². The van der Waals surface area contributed by atoms with Crippen LogP contribution in [0.5, 0.6) is 0 Å². The molecule has 2 aromatic rings. The van der Waals surface area contributed by atoms with E-state index in [9.17, 15) is 9.18 Å². The molecule has 0 atom stereocenters. The van der Waals surface area contributed by atoms with Crippen molar-refractivity contribution in [2.75, 3.05) is 25.0 Å². The molecule has 4 rings (SSSR count). The zero-order chi connectivity index (χ0) is 21.0. The average molecular weight is 416 g/mol. The standard InChI is InChI=1S/C22H30FN5O2/c23-18-3-1-2-17(12-18)13-24-21(30)27-9-8-22(16-27)6-4-19(5-7-22)26-20-14-25-28(15-20)10-11-29/h1-3,12,14-15,19,26,29H,4-11,13,16H2,(H,24,30). The Morgan fingerprint density at radius 2 is 2.13 bits per heavy atom. The number of aromatic nitrogens is 2. The Morgan fingerprint density at radius 3 is 2.90 bits per heavy atom. The minimum atomic E-state index is -0.284. The van der Waals surface area contributed by atoms with Gasteiger partial charge in [0.2, 0.25) is 0 Å². The van der Waals surface area contributed by atoms with Gasteiger partial charge < -0.3 is 20.6 Å². The van der Waals surface area contributed by atoms with Gasteiger partial charge in [0, 0.05) is 31.9 Å². The molecule has 7 nitrogen and oxygen atoms in total. The molecular weight excluding hydrogens is 385 g/mol. The summed E-state index contributed by atoms with van der Waals surface area (Å²) in [6.45, 7) is 2.51. The smallest absolute Gasteiger partial charge is 0.317 e. The first-order valence-electron chi connectivity index (χ1n) is 10.7. The van der Waals surface area contributed by atoms with Crippen molar-refractivity contribution in [3.8, 4) is 0 Å². The molecule has 2 fully saturated rings. The van der Waals surface area contributed by atoms with Crippen molar-refractivity contribution in [2.24, 2.45) is 5.41 Å². The van der Waals surface area contributed by atoms with Gasteiger partial charge in [-0.05, 0) is 55.2 Å². The Hall–Kier alpha value is -2.61. The third-order valence-electron chi connectivity index (χ3n) is 6.44. The topological polar surface area (TPSA) is 82.4 Å². The fourth-order valence-corrected chi connectivity index (χ4v) is 4.73. The average Bonchev–Trinajstić information content (AvgIpc) is 3.36. The fourth-order valence-electron chi connectivity index (χ4n) is 4.73. The van der Waals surface area contributed by atoms with Crippen LogP contribution in [0.25, 0.3) is 0 Å². The number of carbonyl (C=O) groups is 1. The van der Waals surface area contributed by atoms with Crippen LogP contribution in [0.3, 0.4) is 0 Å². The number of aliphatic hydroxyl groups excluding tert-OH is 1. The Balaban J connectivity index is 1.23. The van der Waals surface area contributed by atoms with Crippen molar-refractivity contribution >= 4 is 11.7 Å². The SMILES string of the molecule is O=C(NCc1cccc(F)c1)N1CCC2(CCC(Nc3cnn(CCO)c3)CC2)C1. The van der Waals surface area contributed by atoms with E-state index in [0.717, 1.165) is 56.4 Å². The molecule has 1 aromatic heterocycles. The zero-order valence-corrected chi connectivity index (χ0v) is 17.2. The van der Waals surface area contributed by atoms with E-state index in [1.165, 1.54) is 12.1 Å². The second-order valence-corrected chi connectivity index (χ2v) is 8.59. The van der Waals surface area contributed by atoms with Crippen LogP contribution >= 0.6 is 0 Å². The number of nitrogens with one attached hydrogen (secondary N) is 2. The van der Waals surface area contributed by atoms with Gasteiger partial charge in [0.25, 0.3) is 0 Å². The van der Waals surface area contributed by atoms with Crippen molar-refractivity contribution in [1.82, 2.24) is 20.0 Å². The lowest BCUT2D eigenvalue weighted by Gasteiger charge is -2.37. The first-order valence-corrected chi connectivity index (χ1v) is 10.7. The van der Waals surface area contributed by atoms with Crippen LogP contribution in [0, 0.1) is 11.2 Å². The molecule has 8 heteroatoms. The highest BCUT2D eigenvalue weighted by Crippen LogP contribution is 2.44. The number of urea groups is 1. The maximum Gasteiger partial charge on any atom is 0.317 e. The molecule has 1 saturated carbocycles. The molecule has 2 amide bonds. The summed E-state index contributed by atoms with van der Waals surface area (Å²) < 4.78 is 15.0. The van der Waals surface area contributed by atoms with Crippen molar-refractivity contribution in [3.05, 3.63) is 48.0 Å². The maximum absolute atomic E-state index is 13.3.